The molecule has 4 aromatic rings. The van der Waals surface area contributed by atoms with E-state index in [9.17, 15) is 4.79 Å². The van der Waals surface area contributed by atoms with E-state index in [4.69, 9.17) is 0 Å². The SMILES string of the molecule is Cc1ccc2cc3c(NC(=O)c4ccccc4)nn(C)c3nc2c1. The van der Waals surface area contributed by atoms with E-state index in [0.717, 1.165) is 27.5 Å². The average Bonchev–Trinajstić information content (AvgIpc) is 2.89. The summed E-state index contributed by atoms with van der Waals surface area (Å²) in [5, 5.41) is 9.17. The molecule has 2 aromatic carbocycles. The predicted molar refractivity (Wildman–Crippen MR) is 95.1 cm³/mol. The van der Waals surface area contributed by atoms with Gasteiger partial charge in [-0.15, -0.1) is 0 Å². The molecule has 5 heteroatoms. The molecule has 0 unspecified atom stereocenters. The Labute approximate surface area is 138 Å². The number of hydrogen-bond acceptors (Lipinski definition) is 3. The smallest absolute Gasteiger partial charge is 0.256 e. The third kappa shape index (κ3) is 2.40. The van der Waals surface area contributed by atoms with Crippen LogP contribution < -0.4 is 5.32 Å². The van der Waals surface area contributed by atoms with Gasteiger partial charge in [0.15, 0.2) is 11.5 Å². The molecule has 5 nitrogen and oxygen atoms in total. The van der Waals surface area contributed by atoms with Crippen molar-refractivity contribution in [1.29, 1.82) is 0 Å². The summed E-state index contributed by atoms with van der Waals surface area (Å²) in [6, 6.07) is 17.3. The van der Waals surface area contributed by atoms with Gasteiger partial charge in [-0.25, -0.2) is 9.67 Å². The molecule has 0 aliphatic heterocycles. The first-order valence-corrected chi connectivity index (χ1v) is 7.72. The molecule has 0 spiro atoms. The second kappa shape index (κ2) is 5.45. The fourth-order valence-electron chi connectivity index (χ4n) is 2.80. The predicted octanol–water partition coefficient (Wildman–Crippen LogP) is 3.68. The number of nitrogens with zero attached hydrogens (tertiary/aromatic N) is 3. The fraction of sp³-hybridized carbons (Fsp3) is 0.105. The van der Waals surface area contributed by atoms with Crippen molar-refractivity contribution in [2.45, 2.75) is 6.92 Å². The molecule has 0 radical (unpaired) electrons. The molecule has 1 amide bonds. The highest BCUT2D eigenvalue weighted by atomic mass is 16.1. The van der Waals surface area contributed by atoms with Crippen LogP contribution in [-0.4, -0.2) is 20.7 Å². The Hall–Kier alpha value is -3.21. The van der Waals surface area contributed by atoms with Crippen LogP contribution in [0.1, 0.15) is 15.9 Å². The van der Waals surface area contributed by atoms with Crippen LogP contribution in [0.2, 0.25) is 0 Å². The number of amides is 1. The topological polar surface area (TPSA) is 59.8 Å². The zero-order valence-corrected chi connectivity index (χ0v) is 13.4. The molecule has 0 aliphatic carbocycles. The van der Waals surface area contributed by atoms with Gasteiger partial charge in [0.1, 0.15) is 0 Å². The third-order valence-corrected chi connectivity index (χ3v) is 4.03. The third-order valence-electron chi connectivity index (χ3n) is 4.03. The van der Waals surface area contributed by atoms with Crippen molar-refractivity contribution in [3.63, 3.8) is 0 Å². The Morgan fingerprint density at radius 3 is 2.67 bits per heavy atom. The molecule has 2 heterocycles. The number of fused-ring (bicyclic) bond motifs is 2. The number of hydrogen-bond donors (Lipinski definition) is 1. The number of aromatic nitrogens is 3. The lowest BCUT2D eigenvalue weighted by Gasteiger charge is -2.03. The summed E-state index contributed by atoms with van der Waals surface area (Å²) in [7, 11) is 1.83. The van der Waals surface area contributed by atoms with Crippen molar-refractivity contribution < 1.29 is 4.79 Å². The number of pyridine rings is 1. The molecule has 0 bridgehead atoms. The molecule has 24 heavy (non-hydrogen) atoms. The van der Waals surface area contributed by atoms with E-state index in [-0.39, 0.29) is 5.91 Å². The Morgan fingerprint density at radius 1 is 1.08 bits per heavy atom. The first-order valence-electron chi connectivity index (χ1n) is 7.72. The number of rotatable bonds is 2. The van der Waals surface area contributed by atoms with Crippen molar-refractivity contribution in [1.82, 2.24) is 14.8 Å². The number of benzene rings is 2. The maximum absolute atomic E-state index is 12.4. The number of nitrogens with one attached hydrogen (secondary N) is 1. The van der Waals surface area contributed by atoms with E-state index in [1.54, 1.807) is 16.8 Å². The summed E-state index contributed by atoms with van der Waals surface area (Å²) in [5.74, 6) is 0.343. The molecule has 118 valence electrons. The van der Waals surface area contributed by atoms with Gasteiger partial charge in [-0.3, -0.25) is 4.79 Å². The zero-order valence-electron chi connectivity index (χ0n) is 13.4. The van der Waals surface area contributed by atoms with Crippen LogP contribution >= 0.6 is 0 Å². The van der Waals surface area contributed by atoms with Gasteiger partial charge in [-0.1, -0.05) is 30.3 Å². The number of anilines is 1. The van der Waals surface area contributed by atoms with Gasteiger partial charge in [0.05, 0.1) is 10.9 Å². The highest BCUT2D eigenvalue weighted by molar-refractivity contribution is 6.08. The van der Waals surface area contributed by atoms with Crippen molar-refractivity contribution >= 4 is 33.7 Å². The Morgan fingerprint density at radius 2 is 1.88 bits per heavy atom. The highest BCUT2D eigenvalue weighted by Crippen LogP contribution is 2.26. The minimum Gasteiger partial charge on any atom is -0.305 e. The van der Waals surface area contributed by atoms with E-state index in [0.29, 0.717) is 11.4 Å². The molecular formula is C19H16N4O. The molecule has 0 aliphatic rings. The molecular weight excluding hydrogens is 300 g/mol. The minimum absolute atomic E-state index is 0.181. The van der Waals surface area contributed by atoms with Crippen LogP contribution in [0.3, 0.4) is 0 Å². The van der Waals surface area contributed by atoms with Crippen molar-refractivity contribution in [2.24, 2.45) is 7.05 Å². The summed E-state index contributed by atoms with van der Waals surface area (Å²) < 4.78 is 1.69. The van der Waals surface area contributed by atoms with E-state index in [1.165, 1.54) is 0 Å². The summed E-state index contributed by atoms with van der Waals surface area (Å²) in [5.41, 5.74) is 3.43. The van der Waals surface area contributed by atoms with Crippen molar-refractivity contribution in [3.05, 3.63) is 65.7 Å². The normalized spacial score (nSPS) is 11.1. The molecule has 0 saturated heterocycles. The van der Waals surface area contributed by atoms with Crippen LogP contribution in [0.5, 0.6) is 0 Å². The number of aryl methyl sites for hydroxylation is 2. The first-order chi connectivity index (χ1) is 11.6. The van der Waals surface area contributed by atoms with Gasteiger partial charge in [0.25, 0.3) is 5.91 Å². The lowest BCUT2D eigenvalue weighted by molar-refractivity contribution is 0.102. The van der Waals surface area contributed by atoms with Crippen molar-refractivity contribution in [3.8, 4) is 0 Å². The molecule has 1 N–H and O–H groups in total. The van der Waals surface area contributed by atoms with Gasteiger partial charge < -0.3 is 5.32 Å². The van der Waals surface area contributed by atoms with E-state index < -0.39 is 0 Å². The molecule has 0 fully saturated rings. The lowest BCUT2D eigenvalue weighted by atomic mass is 10.1. The largest absolute Gasteiger partial charge is 0.305 e. The quantitative estimate of drug-likeness (QED) is 0.613. The van der Waals surface area contributed by atoms with Crippen molar-refractivity contribution in [2.75, 3.05) is 5.32 Å². The van der Waals surface area contributed by atoms with E-state index in [1.807, 2.05) is 50.4 Å². The van der Waals surface area contributed by atoms with Gasteiger partial charge >= 0.3 is 0 Å². The monoisotopic (exact) mass is 316 g/mol. The van der Waals surface area contributed by atoms with Gasteiger partial charge in [-0.05, 0) is 36.8 Å². The molecule has 0 atom stereocenters. The van der Waals surface area contributed by atoms with E-state index in [2.05, 4.69) is 21.5 Å². The van der Waals surface area contributed by atoms with Gasteiger partial charge in [-0.2, -0.15) is 5.10 Å². The molecule has 4 rings (SSSR count). The van der Waals surface area contributed by atoms with Crippen LogP contribution in [0.4, 0.5) is 5.82 Å². The second-order valence-electron chi connectivity index (χ2n) is 5.85. The van der Waals surface area contributed by atoms with Crippen LogP contribution in [0.25, 0.3) is 21.9 Å². The minimum atomic E-state index is -0.181. The first kappa shape index (κ1) is 14.4. The number of carbonyl (C=O) groups is 1. The summed E-state index contributed by atoms with van der Waals surface area (Å²) in [6.45, 7) is 2.04. The molecule has 2 aromatic heterocycles. The Bertz CT molecular complexity index is 1070. The van der Waals surface area contributed by atoms with Crippen LogP contribution in [0.15, 0.2) is 54.6 Å². The summed E-state index contributed by atoms with van der Waals surface area (Å²) in [6.07, 6.45) is 0. The standard InChI is InChI=1S/C19H16N4O/c1-12-8-9-14-11-15-17(21-19(24)13-6-4-3-5-7-13)22-23(2)18(15)20-16(14)10-12/h3-11H,1-2H3,(H,21,22,24). The Kier molecular flexibility index (Phi) is 3.27. The van der Waals surface area contributed by atoms with Gasteiger partial charge in [0, 0.05) is 18.0 Å². The maximum Gasteiger partial charge on any atom is 0.256 e. The average molecular weight is 316 g/mol. The lowest BCUT2D eigenvalue weighted by Crippen LogP contribution is -2.12. The van der Waals surface area contributed by atoms with Crippen LogP contribution in [0, 0.1) is 6.92 Å². The Balaban J connectivity index is 1.81. The summed E-state index contributed by atoms with van der Waals surface area (Å²) >= 11 is 0. The highest BCUT2D eigenvalue weighted by Gasteiger charge is 2.14. The zero-order chi connectivity index (χ0) is 16.7. The molecule has 0 saturated carbocycles. The number of carbonyl (C=O) groups excluding carboxylic acids is 1. The maximum atomic E-state index is 12.4. The fourth-order valence-corrected chi connectivity index (χ4v) is 2.80. The van der Waals surface area contributed by atoms with Gasteiger partial charge in [0.2, 0.25) is 0 Å². The summed E-state index contributed by atoms with van der Waals surface area (Å²) in [4.78, 5) is 17.1. The second-order valence-corrected chi connectivity index (χ2v) is 5.85. The van der Waals surface area contributed by atoms with E-state index >= 15 is 0 Å². The van der Waals surface area contributed by atoms with Crippen LogP contribution in [-0.2, 0) is 7.05 Å².